The summed E-state index contributed by atoms with van der Waals surface area (Å²) in [5.41, 5.74) is 1.34. The first-order valence-corrected chi connectivity index (χ1v) is 13.5. The maximum absolute atomic E-state index is 11.2. The monoisotopic (exact) mass is 439 g/mol. The molecule has 0 spiro atoms. The molecule has 0 bridgehead atoms. The van der Waals surface area contributed by atoms with Gasteiger partial charge < -0.3 is 10.2 Å². The van der Waals surface area contributed by atoms with Gasteiger partial charge in [-0.3, -0.25) is 4.98 Å². The zero-order valence-corrected chi connectivity index (χ0v) is 20.8. The maximum atomic E-state index is 11.2. The van der Waals surface area contributed by atoms with Crippen LogP contribution in [0.25, 0.3) is 0 Å². The lowest BCUT2D eigenvalue weighted by atomic mass is 9.43. The van der Waals surface area contributed by atoms with E-state index in [2.05, 4.69) is 32.7 Å². The summed E-state index contributed by atoms with van der Waals surface area (Å²) in [7, 11) is 0. The van der Waals surface area contributed by atoms with E-state index in [1.54, 1.807) is 6.20 Å². The van der Waals surface area contributed by atoms with E-state index in [0.29, 0.717) is 22.7 Å². The summed E-state index contributed by atoms with van der Waals surface area (Å²) in [4.78, 5) is 4.25. The first-order valence-electron chi connectivity index (χ1n) is 13.5. The third-order valence-electron chi connectivity index (χ3n) is 11.7. The Balaban J connectivity index is 1.35. The van der Waals surface area contributed by atoms with Gasteiger partial charge in [0.2, 0.25) is 0 Å². The highest BCUT2D eigenvalue weighted by molar-refractivity contribution is 5.16. The molecular formula is C29H45NO2. The number of aliphatic hydroxyl groups is 2. The van der Waals surface area contributed by atoms with Gasteiger partial charge in [-0.2, -0.15) is 0 Å². The first kappa shape index (κ1) is 22.8. The molecule has 1 aromatic heterocycles. The minimum atomic E-state index is -0.416. The van der Waals surface area contributed by atoms with E-state index < -0.39 is 11.7 Å². The molecule has 2 N–H and O–H groups in total. The first-order chi connectivity index (χ1) is 15.2. The van der Waals surface area contributed by atoms with Gasteiger partial charge >= 0.3 is 0 Å². The average molecular weight is 440 g/mol. The van der Waals surface area contributed by atoms with Crippen molar-refractivity contribution in [2.45, 2.75) is 104 Å². The fourth-order valence-electron chi connectivity index (χ4n) is 9.62. The Morgan fingerprint density at radius 2 is 1.81 bits per heavy atom. The molecule has 0 aliphatic heterocycles. The van der Waals surface area contributed by atoms with E-state index in [1.807, 2.05) is 18.3 Å². The van der Waals surface area contributed by atoms with Crippen molar-refractivity contribution in [3.63, 3.8) is 0 Å². The van der Waals surface area contributed by atoms with E-state index in [0.717, 1.165) is 42.6 Å². The van der Waals surface area contributed by atoms with Gasteiger partial charge in [0.15, 0.2) is 0 Å². The standard InChI is InChI=1S/C29H45NO2/c1-5-29(32)15-14-27(3)21(17-29)8-9-22-24-11-10-23(28(24,4)13-12-25(22)27)19(2)26(31)20-7-6-16-30-18-20/h6-7,16,18-19,21-26,31-32H,5,8-15,17H2,1-4H3/t19-,21-,22?,23+,24-,25-,26?,27-,28+,29-/m0/s1. The summed E-state index contributed by atoms with van der Waals surface area (Å²) in [5.74, 6) is 4.04. The van der Waals surface area contributed by atoms with Crippen molar-refractivity contribution in [3.05, 3.63) is 30.1 Å². The molecule has 4 aliphatic carbocycles. The van der Waals surface area contributed by atoms with E-state index >= 15 is 0 Å². The van der Waals surface area contributed by atoms with Crippen LogP contribution in [0.2, 0.25) is 0 Å². The van der Waals surface area contributed by atoms with Gasteiger partial charge in [0.05, 0.1) is 11.7 Å². The molecule has 5 rings (SSSR count). The quantitative estimate of drug-likeness (QED) is 0.559. The summed E-state index contributed by atoms with van der Waals surface area (Å²) >= 11 is 0. The molecular weight excluding hydrogens is 394 g/mol. The van der Waals surface area contributed by atoms with Crippen LogP contribution in [0.15, 0.2) is 24.5 Å². The predicted molar refractivity (Wildman–Crippen MR) is 129 cm³/mol. The molecule has 3 heteroatoms. The number of nitrogens with zero attached hydrogens (tertiary/aromatic N) is 1. The van der Waals surface area contributed by atoms with Gasteiger partial charge in [-0.15, -0.1) is 0 Å². The molecule has 1 aromatic rings. The Morgan fingerprint density at radius 3 is 2.53 bits per heavy atom. The Morgan fingerprint density at radius 1 is 1.03 bits per heavy atom. The highest BCUT2D eigenvalue weighted by atomic mass is 16.3. The van der Waals surface area contributed by atoms with Crippen LogP contribution in [0.3, 0.4) is 0 Å². The molecule has 2 unspecified atom stereocenters. The normalized spacial score (nSPS) is 47.8. The SMILES string of the molecule is CC[C@]1(O)CC[C@@]2(C)[C@@H](CCC3[C@@H]2CC[C@]2(C)[C@@H]([C@H](C)C(O)c4cccnc4)CC[C@@H]32)C1. The molecule has 0 saturated heterocycles. The van der Waals surface area contributed by atoms with Crippen LogP contribution in [0.1, 0.15) is 104 Å². The summed E-state index contributed by atoms with van der Waals surface area (Å²) < 4.78 is 0. The molecule has 10 atom stereocenters. The number of rotatable bonds is 4. The largest absolute Gasteiger partial charge is 0.390 e. The average Bonchev–Trinajstić information content (AvgIpc) is 3.16. The lowest BCUT2D eigenvalue weighted by Crippen LogP contribution is -2.56. The van der Waals surface area contributed by atoms with Gasteiger partial charge in [0.1, 0.15) is 0 Å². The summed E-state index contributed by atoms with van der Waals surface area (Å²) in [6.07, 6.45) is 15.3. The fourth-order valence-corrected chi connectivity index (χ4v) is 9.62. The lowest BCUT2D eigenvalue weighted by Gasteiger charge is -2.62. The summed E-state index contributed by atoms with van der Waals surface area (Å²) in [6, 6.07) is 3.97. The number of fused-ring (bicyclic) bond motifs is 5. The van der Waals surface area contributed by atoms with Crippen LogP contribution in [0, 0.1) is 46.3 Å². The highest BCUT2D eigenvalue weighted by Crippen LogP contribution is 2.69. The van der Waals surface area contributed by atoms with Crippen molar-refractivity contribution in [3.8, 4) is 0 Å². The maximum Gasteiger partial charge on any atom is 0.0833 e. The van der Waals surface area contributed by atoms with Crippen molar-refractivity contribution < 1.29 is 10.2 Å². The second-order valence-corrected chi connectivity index (χ2v) is 12.8. The Kier molecular flexibility index (Phi) is 5.77. The van der Waals surface area contributed by atoms with E-state index in [9.17, 15) is 10.2 Å². The van der Waals surface area contributed by atoms with E-state index in [1.165, 1.54) is 44.9 Å². The Labute approximate surface area is 195 Å². The van der Waals surface area contributed by atoms with Crippen molar-refractivity contribution in [1.82, 2.24) is 4.98 Å². The van der Waals surface area contributed by atoms with Gasteiger partial charge in [-0.25, -0.2) is 0 Å². The zero-order valence-electron chi connectivity index (χ0n) is 20.8. The predicted octanol–water partition coefficient (Wildman–Crippen LogP) is 6.55. The second-order valence-electron chi connectivity index (χ2n) is 12.8. The summed E-state index contributed by atoms with van der Waals surface area (Å²) in [5, 5.41) is 22.2. The van der Waals surface area contributed by atoms with Crippen molar-refractivity contribution >= 4 is 0 Å². The van der Waals surface area contributed by atoms with E-state index in [-0.39, 0.29) is 5.92 Å². The minimum absolute atomic E-state index is 0.270. The van der Waals surface area contributed by atoms with Crippen LogP contribution in [-0.2, 0) is 0 Å². The summed E-state index contributed by atoms with van der Waals surface area (Å²) in [6.45, 7) is 9.61. The van der Waals surface area contributed by atoms with Crippen molar-refractivity contribution in [1.29, 1.82) is 0 Å². The number of hydrogen-bond donors (Lipinski definition) is 2. The van der Waals surface area contributed by atoms with Gasteiger partial charge in [-0.1, -0.05) is 33.8 Å². The molecule has 0 radical (unpaired) electrons. The molecule has 32 heavy (non-hydrogen) atoms. The second kappa shape index (κ2) is 8.08. The smallest absolute Gasteiger partial charge is 0.0833 e. The van der Waals surface area contributed by atoms with Crippen LogP contribution >= 0.6 is 0 Å². The number of hydrogen-bond acceptors (Lipinski definition) is 3. The third kappa shape index (κ3) is 3.40. The number of pyridine rings is 1. The third-order valence-corrected chi connectivity index (χ3v) is 11.7. The molecule has 178 valence electrons. The number of aliphatic hydroxyl groups excluding tert-OH is 1. The lowest BCUT2D eigenvalue weighted by molar-refractivity contribution is -0.154. The van der Waals surface area contributed by atoms with E-state index in [4.69, 9.17) is 0 Å². The van der Waals surface area contributed by atoms with Crippen LogP contribution < -0.4 is 0 Å². The molecule has 0 aromatic carbocycles. The minimum Gasteiger partial charge on any atom is -0.390 e. The molecule has 4 saturated carbocycles. The fraction of sp³-hybridized carbons (Fsp3) is 0.828. The molecule has 0 amide bonds. The highest BCUT2D eigenvalue weighted by Gasteiger charge is 2.61. The van der Waals surface area contributed by atoms with Gasteiger partial charge in [0.25, 0.3) is 0 Å². The molecule has 1 heterocycles. The molecule has 4 aliphatic rings. The topological polar surface area (TPSA) is 53.4 Å². The van der Waals surface area contributed by atoms with Crippen LogP contribution in [0.5, 0.6) is 0 Å². The van der Waals surface area contributed by atoms with Gasteiger partial charge in [0, 0.05) is 12.4 Å². The Hall–Kier alpha value is -0.930. The van der Waals surface area contributed by atoms with Gasteiger partial charge in [-0.05, 0) is 122 Å². The molecule has 4 fully saturated rings. The Bertz CT molecular complexity index is 813. The van der Waals surface area contributed by atoms with Crippen molar-refractivity contribution in [2.75, 3.05) is 0 Å². The van der Waals surface area contributed by atoms with Crippen LogP contribution in [0.4, 0.5) is 0 Å². The molecule has 3 nitrogen and oxygen atoms in total. The number of aromatic nitrogens is 1. The van der Waals surface area contributed by atoms with Crippen molar-refractivity contribution in [2.24, 2.45) is 46.3 Å². The zero-order chi connectivity index (χ0) is 22.7. The van der Waals surface area contributed by atoms with Crippen LogP contribution in [-0.4, -0.2) is 20.8 Å².